The fourth-order valence-electron chi connectivity index (χ4n) is 2.64. The van der Waals surface area contributed by atoms with E-state index in [2.05, 4.69) is 21.8 Å². The summed E-state index contributed by atoms with van der Waals surface area (Å²) in [5.74, 6) is 0. The Morgan fingerprint density at radius 3 is 2.82 bits per heavy atom. The van der Waals surface area contributed by atoms with Gasteiger partial charge in [0.15, 0.2) is 0 Å². The molecule has 1 aliphatic rings. The van der Waals surface area contributed by atoms with Gasteiger partial charge in [0.05, 0.1) is 0 Å². The van der Waals surface area contributed by atoms with Crippen molar-refractivity contribution in [2.45, 2.75) is 32.7 Å². The molecule has 94 valence electrons. The fraction of sp³-hybridized carbons (Fsp3) is 0.692. The molecule has 1 N–H and O–H groups in total. The standard InChI is InChI=1S/C13H21N3O/c1-2-13(10-17)4-3-5-16(9-13)8-12-6-14-11-15-7-12/h6-7,11,17H,2-5,8-10H2,1H3/t13-/m0/s1. The molecule has 0 bridgehead atoms. The van der Waals surface area contributed by atoms with E-state index in [1.54, 1.807) is 6.33 Å². The second-order valence-corrected chi connectivity index (χ2v) is 5.07. The maximum Gasteiger partial charge on any atom is 0.115 e. The first-order valence-corrected chi connectivity index (χ1v) is 6.35. The number of aliphatic hydroxyl groups is 1. The van der Waals surface area contributed by atoms with Gasteiger partial charge in [0.25, 0.3) is 0 Å². The van der Waals surface area contributed by atoms with Crippen molar-refractivity contribution in [1.82, 2.24) is 14.9 Å². The zero-order valence-electron chi connectivity index (χ0n) is 10.5. The van der Waals surface area contributed by atoms with E-state index in [9.17, 15) is 5.11 Å². The number of aliphatic hydroxyl groups excluding tert-OH is 1. The van der Waals surface area contributed by atoms with Gasteiger partial charge >= 0.3 is 0 Å². The topological polar surface area (TPSA) is 49.2 Å². The molecule has 0 radical (unpaired) electrons. The van der Waals surface area contributed by atoms with Crippen LogP contribution < -0.4 is 0 Å². The van der Waals surface area contributed by atoms with E-state index in [4.69, 9.17) is 0 Å². The summed E-state index contributed by atoms with van der Waals surface area (Å²) >= 11 is 0. The van der Waals surface area contributed by atoms with Crippen molar-refractivity contribution in [3.05, 3.63) is 24.3 Å². The van der Waals surface area contributed by atoms with Crippen molar-refractivity contribution in [1.29, 1.82) is 0 Å². The highest BCUT2D eigenvalue weighted by molar-refractivity contribution is 5.02. The lowest BCUT2D eigenvalue weighted by molar-refractivity contribution is 0.0257. The average Bonchev–Trinajstić information content (AvgIpc) is 2.40. The Balaban J connectivity index is 1.98. The lowest BCUT2D eigenvalue weighted by atomic mass is 9.78. The minimum absolute atomic E-state index is 0.105. The van der Waals surface area contributed by atoms with Crippen LogP contribution in [0, 0.1) is 5.41 Å². The molecule has 2 heterocycles. The van der Waals surface area contributed by atoms with Crippen LogP contribution in [-0.4, -0.2) is 39.7 Å². The lowest BCUT2D eigenvalue weighted by Gasteiger charge is -2.41. The van der Waals surface area contributed by atoms with Crippen LogP contribution in [0.25, 0.3) is 0 Å². The average molecular weight is 235 g/mol. The third-order valence-corrected chi connectivity index (χ3v) is 3.85. The predicted octanol–water partition coefficient (Wildman–Crippen LogP) is 1.46. The van der Waals surface area contributed by atoms with E-state index in [-0.39, 0.29) is 5.41 Å². The highest BCUT2D eigenvalue weighted by Gasteiger charge is 2.33. The summed E-state index contributed by atoms with van der Waals surface area (Å²) in [6.07, 6.45) is 8.65. The number of rotatable bonds is 4. The lowest BCUT2D eigenvalue weighted by Crippen LogP contribution is -2.44. The second-order valence-electron chi connectivity index (χ2n) is 5.07. The zero-order chi connectivity index (χ0) is 12.1. The Bertz CT molecular complexity index is 338. The van der Waals surface area contributed by atoms with Gasteiger partial charge in [-0.2, -0.15) is 0 Å². The van der Waals surface area contributed by atoms with E-state index < -0.39 is 0 Å². The van der Waals surface area contributed by atoms with E-state index in [1.165, 1.54) is 6.42 Å². The number of hydrogen-bond acceptors (Lipinski definition) is 4. The maximum absolute atomic E-state index is 9.57. The Hall–Kier alpha value is -1.00. The van der Waals surface area contributed by atoms with E-state index >= 15 is 0 Å². The summed E-state index contributed by atoms with van der Waals surface area (Å²) in [6, 6.07) is 0. The maximum atomic E-state index is 9.57. The number of aromatic nitrogens is 2. The minimum Gasteiger partial charge on any atom is -0.396 e. The largest absolute Gasteiger partial charge is 0.396 e. The van der Waals surface area contributed by atoms with Crippen LogP contribution in [-0.2, 0) is 6.54 Å². The third kappa shape index (κ3) is 3.01. The first-order valence-electron chi connectivity index (χ1n) is 6.35. The summed E-state index contributed by atoms with van der Waals surface area (Å²) in [5, 5.41) is 9.57. The van der Waals surface area contributed by atoms with Crippen LogP contribution in [0.5, 0.6) is 0 Å². The van der Waals surface area contributed by atoms with Crippen molar-refractivity contribution < 1.29 is 5.11 Å². The van der Waals surface area contributed by atoms with Crippen LogP contribution in [0.4, 0.5) is 0 Å². The van der Waals surface area contributed by atoms with Gasteiger partial charge in [-0.1, -0.05) is 6.92 Å². The van der Waals surface area contributed by atoms with Crippen molar-refractivity contribution in [3.8, 4) is 0 Å². The minimum atomic E-state index is 0.105. The molecule has 1 fully saturated rings. The van der Waals surface area contributed by atoms with Crippen LogP contribution in [0.15, 0.2) is 18.7 Å². The quantitative estimate of drug-likeness (QED) is 0.858. The van der Waals surface area contributed by atoms with Crippen molar-refractivity contribution >= 4 is 0 Å². The van der Waals surface area contributed by atoms with Crippen LogP contribution in [0.3, 0.4) is 0 Å². The zero-order valence-corrected chi connectivity index (χ0v) is 10.5. The first-order chi connectivity index (χ1) is 8.28. The van der Waals surface area contributed by atoms with Crippen molar-refractivity contribution in [2.75, 3.05) is 19.7 Å². The highest BCUT2D eigenvalue weighted by Crippen LogP contribution is 2.33. The van der Waals surface area contributed by atoms with Crippen LogP contribution in [0.1, 0.15) is 31.7 Å². The molecule has 1 saturated heterocycles. The Kier molecular flexibility index (Phi) is 4.07. The molecule has 4 heteroatoms. The van der Waals surface area contributed by atoms with E-state index in [0.29, 0.717) is 6.61 Å². The molecule has 0 saturated carbocycles. The van der Waals surface area contributed by atoms with E-state index in [0.717, 1.165) is 38.0 Å². The molecule has 17 heavy (non-hydrogen) atoms. The predicted molar refractivity (Wildman–Crippen MR) is 66.4 cm³/mol. The number of nitrogens with zero attached hydrogens (tertiary/aromatic N) is 3. The molecular formula is C13H21N3O. The van der Waals surface area contributed by atoms with Crippen molar-refractivity contribution in [3.63, 3.8) is 0 Å². The molecule has 1 aromatic rings. The molecule has 2 rings (SSSR count). The number of likely N-dealkylation sites (tertiary alicyclic amines) is 1. The van der Waals surface area contributed by atoms with Gasteiger partial charge in [-0.15, -0.1) is 0 Å². The molecule has 1 aliphatic heterocycles. The van der Waals surface area contributed by atoms with Gasteiger partial charge in [-0.3, -0.25) is 4.90 Å². The smallest absolute Gasteiger partial charge is 0.115 e. The molecule has 0 aliphatic carbocycles. The normalized spacial score (nSPS) is 26.0. The molecule has 1 atom stereocenters. The van der Waals surface area contributed by atoms with Crippen LogP contribution in [0.2, 0.25) is 0 Å². The Labute approximate surface area is 103 Å². The fourth-order valence-corrected chi connectivity index (χ4v) is 2.64. The highest BCUT2D eigenvalue weighted by atomic mass is 16.3. The monoisotopic (exact) mass is 235 g/mol. The van der Waals surface area contributed by atoms with Gasteiger partial charge in [-0.25, -0.2) is 9.97 Å². The molecule has 1 aromatic heterocycles. The summed E-state index contributed by atoms with van der Waals surface area (Å²) in [6.45, 7) is 5.45. The van der Waals surface area contributed by atoms with Gasteiger partial charge in [-0.05, 0) is 25.8 Å². The van der Waals surface area contributed by atoms with Gasteiger partial charge in [0.1, 0.15) is 6.33 Å². The Morgan fingerprint density at radius 2 is 2.18 bits per heavy atom. The van der Waals surface area contributed by atoms with Crippen LogP contribution >= 0.6 is 0 Å². The molecular weight excluding hydrogens is 214 g/mol. The molecule has 0 aromatic carbocycles. The van der Waals surface area contributed by atoms with Gasteiger partial charge in [0, 0.05) is 43.1 Å². The molecule has 4 nitrogen and oxygen atoms in total. The molecule has 0 unspecified atom stereocenters. The SMILES string of the molecule is CC[C@]1(CO)CCCN(Cc2cncnc2)C1. The summed E-state index contributed by atoms with van der Waals surface area (Å²) in [4.78, 5) is 10.5. The van der Waals surface area contributed by atoms with E-state index in [1.807, 2.05) is 12.4 Å². The summed E-state index contributed by atoms with van der Waals surface area (Å²) < 4.78 is 0. The molecule has 0 spiro atoms. The Morgan fingerprint density at radius 1 is 1.41 bits per heavy atom. The summed E-state index contributed by atoms with van der Waals surface area (Å²) in [7, 11) is 0. The second kappa shape index (κ2) is 5.56. The van der Waals surface area contributed by atoms with Gasteiger partial charge < -0.3 is 5.11 Å². The van der Waals surface area contributed by atoms with Crippen molar-refractivity contribution in [2.24, 2.45) is 5.41 Å². The summed E-state index contributed by atoms with van der Waals surface area (Å²) in [5.41, 5.74) is 1.26. The number of hydrogen-bond donors (Lipinski definition) is 1. The third-order valence-electron chi connectivity index (χ3n) is 3.85. The first kappa shape index (κ1) is 12.5. The molecule has 0 amide bonds. The van der Waals surface area contributed by atoms with Gasteiger partial charge in [0.2, 0.25) is 0 Å². The number of piperidine rings is 1.